The molecule has 0 aliphatic rings. The highest BCUT2D eigenvalue weighted by molar-refractivity contribution is 9.10. The molecule has 0 saturated carbocycles. The molecule has 0 bridgehead atoms. The second kappa shape index (κ2) is 4.93. The normalized spacial score (nSPS) is 11.3. The Morgan fingerprint density at radius 1 is 1.50 bits per heavy atom. The highest BCUT2D eigenvalue weighted by Gasteiger charge is 2.25. The van der Waals surface area contributed by atoms with Crippen molar-refractivity contribution in [2.45, 2.75) is 26.3 Å². The molecule has 0 fully saturated rings. The number of carbonyl (C=O) groups is 1. The molecule has 0 spiro atoms. The number of likely N-dealkylation sites (N-methyl/N-ethyl adjacent to an activating group) is 1. The van der Waals surface area contributed by atoms with Gasteiger partial charge in [0, 0.05) is 10.7 Å². The summed E-state index contributed by atoms with van der Waals surface area (Å²) in [7, 11) is 1.75. The molecule has 4 nitrogen and oxygen atoms in total. The Bertz CT molecular complexity index is 404. The minimum absolute atomic E-state index is 0.104. The van der Waals surface area contributed by atoms with E-state index < -0.39 is 5.54 Å². The maximum Gasteiger partial charge on any atom is 0.245 e. The van der Waals surface area contributed by atoms with E-state index in [-0.39, 0.29) is 5.91 Å². The summed E-state index contributed by atoms with van der Waals surface area (Å²) in [6.45, 7) is 5.53. The van der Waals surface area contributed by atoms with E-state index in [2.05, 4.69) is 31.5 Å². The molecule has 1 rings (SSSR count). The topological polar surface area (TPSA) is 54.0 Å². The summed E-state index contributed by atoms with van der Waals surface area (Å²) >= 11 is 3.33. The van der Waals surface area contributed by atoms with Gasteiger partial charge in [-0.3, -0.25) is 4.79 Å². The third-order valence-electron chi connectivity index (χ3n) is 2.47. The fraction of sp³-hybridized carbons (Fsp3) is 0.455. The second-order valence-electron chi connectivity index (χ2n) is 4.15. The average Bonchev–Trinajstić information content (AvgIpc) is 2.22. The van der Waals surface area contributed by atoms with Gasteiger partial charge in [0.25, 0.3) is 0 Å². The first-order valence-corrected chi connectivity index (χ1v) is 5.78. The molecule has 0 saturated heterocycles. The number of aromatic nitrogens is 1. The zero-order chi connectivity index (χ0) is 12.3. The number of nitrogens with one attached hydrogen (secondary N) is 2. The second-order valence-corrected chi connectivity index (χ2v) is 5.06. The summed E-state index contributed by atoms with van der Waals surface area (Å²) in [5.41, 5.74) is 0.316. The first kappa shape index (κ1) is 13.1. The fourth-order valence-corrected chi connectivity index (χ4v) is 1.49. The molecule has 0 aromatic carbocycles. The van der Waals surface area contributed by atoms with Gasteiger partial charge in [0.2, 0.25) is 5.91 Å². The quantitative estimate of drug-likeness (QED) is 0.894. The van der Waals surface area contributed by atoms with Gasteiger partial charge in [0.1, 0.15) is 5.82 Å². The fourth-order valence-electron chi connectivity index (χ4n) is 1.05. The summed E-state index contributed by atoms with van der Waals surface area (Å²) in [6.07, 6.45) is 1.66. The van der Waals surface area contributed by atoms with Gasteiger partial charge >= 0.3 is 0 Å². The van der Waals surface area contributed by atoms with E-state index in [1.165, 1.54) is 0 Å². The zero-order valence-corrected chi connectivity index (χ0v) is 11.5. The summed E-state index contributed by atoms with van der Waals surface area (Å²) in [4.78, 5) is 16.0. The van der Waals surface area contributed by atoms with Crippen molar-refractivity contribution in [1.82, 2.24) is 10.3 Å². The van der Waals surface area contributed by atoms with Crippen molar-refractivity contribution >= 4 is 27.7 Å². The summed E-state index contributed by atoms with van der Waals surface area (Å²) in [5.74, 6) is 0.490. The van der Waals surface area contributed by atoms with Crippen molar-refractivity contribution in [3.05, 3.63) is 22.3 Å². The lowest BCUT2D eigenvalue weighted by atomic mass is 10.1. The molecule has 1 heterocycles. The highest BCUT2D eigenvalue weighted by atomic mass is 79.9. The smallest absolute Gasteiger partial charge is 0.245 e. The minimum Gasteiger partial charge on any atom is -0.309 e. The molecule has 0 aliphatic heterocycles. The molecule has 2 N–H and O–H groups in total. The molecule has 1 amide bonds. The van der Waals surface area contributed by atoms with E-state index in [4.69, 9.17) is 0 Å². The molecule has 5 heteroatoms. The van der Waals surface area contributed by atoms with E-state index in [1.807, 2.05) is 26.8 Å². The number of hydrogen-bond donors (Lipinski definition) is 2. The number of carbonyl (C=O) groups excluding carboxylic acids is 1. The van der Waals surface area contributed by atoms with Crippen LogP contribution in [0.5, 0.6) is 0 Å². The number of aryl methyl sites for hydroxylation is 1. The van der Waals surface area contributed by atoms with Crippen molar-refractivity contribution < 1.29 is 4.79 Å². The van der Waals surface area contributed by atoms with Gasteiger partial charge in [-0.1, -0.05) is 0 Å². The van der Waals surface area contributed by atoms with E-state index in [1.54, 1.807) is 13.2 Å². The number of pyridine rings is 1. The van der Waals surface area contributed by atoms with E-state index >= 15 is 0 Å². The van der Waals surface area contributed by atoms with Gasteiger partial charge in [0.05, 0.1) is 5.54 Å². The van der Waals surface area contributed by atoms with Crippen molar-refractivity contribution in [2.24, 2.45) is 0 Å². The molecule has 0 aliphatic carbocycles. The van der Waals surface area contributed by atoms with Crippen molar-refractivity contribution in [1.29, 1.82) is 0 Å². The van der Waals surface area contributed by atoms with Crippen molar-refractivity contribution in [3.63, 3.8) is 0 Å². The number of anilines is 1. The first-order chi connectivity index (χ1) is 7.36. The van der Waals surface area contributed by atoms with Crippen LogP contribution in [-0.2, 0) is 4.79 Å². The molecule has 88 valence electrons. The molecule has 1 aromatic rings. The van der Waals surface area contributed by atoms with Crippen LogP contribution in [0.2, 0.25) is 0 Å². The molecular weight excluding hydrogens is 270 g/mol. The molecule has 0 unspecified atom stereocenters. The van der Waals surface area contributed by atoms with Gasteiger partial charge in [-0.25, -0.2) is 4.98 Å². The van der Waals surface area contributed by atoms with Gasteiger partial charge < -0.3 is 10.6 Å². The van der Waals surface area contributed by atoms with Crippen LogP contribution in [0.4, 0.5) is 5.82 Å². The Kier molecular flexibility index (Phi) is 4.04. The monoisotopic (exact) mass is 285 g/mol. The number of amides is 1. The van der Waals surface area contributed by atoms with Crippen LogP contribution in [0.1, 0.15) is 19.4 Å². The lowest BCUT2D eigenvalue weighted by Gasteiger charge is -2.22. The Morgan fingerprint density at radius 3 is 2.62 bits per heavy atom. The highest BCUT2D eigenvalue weighted by Crippen LogP contribution is 2.17. The Labute approximate surface area is 104 Å². The van der Waals surface area contributed by atoms with Crippen LogP contribution in [-0.4, -0.2) is 23.5 Å². The minimum atomic E-state index is -0.610. The average molecular weight is 286 g/mol. The Hall–Kier alpha value is -0.940. The van der Waals surface area contributed by atoms with Crippen molar-refractivity contribution in [2.75, 3.05) is 12.4 Å². The third kappa shape index (κ3) is 3.02. The lowest BCUT2D eigenvalue weighted by molar-refractivity contribution is -0.121. The molecule has 16 heavy (non-hydrogen) atoms. The standard InChI is InChI=1S/C11H16BrN3O/c1-7-5-8(12)6-14-9(7)15-10(16)11(2,3)13-4/h5-6,13H,1-4H3,(H,14,15,16). The third-order valence-corrected chi connectivity index (χ3v) is 2.90. The number of rotatable bonds is 3. The molecule has 0 atom stereocenters. The SMILES string of the molecule is CNC(C)(C)C(=O)Nc1ncc(Br)cc1C. The maximum absolute atomic E-state index is 11.9. The van der Waals surface area contributed by atoms with E-state index in [0.29, 0.717) is 5.82 Å². The van der Waals surface area contributed by atoms with E-state index in [0.717, 1.165) is 10.0 Å². The van der Waals surface area contributed by atoms with E-state index in [9.17, 15) is 4.79 Å². The maximum atomic E-state index is 11.9. The number of halogens is 1. The number of nitrogens with zero attached hydrogens (tertiary/aromatic N) is 1. The predicted molar refractivity (Wildman–Crippen MR) is 68.4 cm³/mol. The van der Waals surface area contributed by atoms with Crippen LogP contribution in [0.3, 0.4) is 0 Å². The molecule has 1 aromatic heterocycles. The first-order valence-electron chi connectivity index (χ1n) is 4.99. The largest absolute Gasteiger partial charge is 0.309 e. The van der Waals surface area contributed by atoms with Crippen LogP contribution in [0.15, 0.2) is 16.7 Å². The zero-order valence-electron chi connectivity index (χ0n) is 9.89. The molecular formula is C11H16BrN3O. The molecule has 0 radical (unpaired) electrons. The Balaban J connectivity index is 2.85. The van der Waals surface area contributed by atoms with Crippen LogP contribution in [0.25, 0.3) is 0 Å². The Morgan fingerprint density at radius 2 is 2.12 bits per heavy atom. The van der Waals surface area contributed by atoms with Gasteiger partial charge in [-0.15, -0.1) is 0 Å². The summed E-state index contributed by atoms with van der Waals surface area (Å²) < 4.78 is 0.899. The van der Waals surface area contributed by atoms with Gasteiger partial charge in [-0.05, 0) is 55.4 Å². The summed E-state index contributed by atoms with van der Waals surface area (Å²) in [5, 5.41) is 5.74. The lowest BCUT2D eigenvalue weighted by Crippen LogP contribution is -2.48. The van der Waals surface area contributed by atoms with Crippen molar-refractivity contribution in [3.8, 4) is 0 Å². The predicted octanol–water partition coefficient (Wildman–Crippen LogP) is 2.09. The van der Waals surface area contributed by atoms with Gasteiger partial charge in [0.15, 0.2) is 0 Å². The van der Waals surface area contributed by atoms with Gasteiger partial charge in [-0.2, -0.15) is 0 Å². The van der Waals surface area contributed by atoms with Crippen LogP contribution in [0, 0.1) is 6.92 Å². The summed E-state index contributed by atoms with van der Waals surface area (Å²) in [6, 6.07) is 1.91. The van der Waals surface area contributed by atoms with Crippen LogP contribution < -0.4 is 10.6 Å². The number of hydrogen-bond acceptors (Lipinski definition) is 3. The van der Waals surface area contributed by atoms with Crippen LogP contribution >= 0.6 is 15.9 Å².